The summed E-state index contributed by atoms with van der Waals surface area (Å²) in [7, 11) is 0. The molecule has 1 aliphatic carbocycles. The zero-order valence-electron chi connectivity index (χ0n) is 12.5. The van der Waals surface area contributed by atoms with E-state index >= 15 is 0 Å². The number of amides is 2. The largest absolute Gasteiger partial charge is 0.481 e. The lowest BCUT2D eigenvalue weighted by atomic mass is 9.81. The van der Waals surface area contributed by atoms with Crippen LogP contribution in [0.4, 0.5) is 4.79 Å². The van der Waals surface area contributed by atoms with E-state index in [1.807, 2.05) is 6.92 Å². The highest BCUT2D eigenvalue weighted by molar-refractivity contribution is 5.80. The summed E-state index contributed by atoms with van der Waals surface area (Å²) in [5, 5.41) is 12.5. The summed E-state index contributed by atoms with van der Waals surface area (Å²) < 4.78 is 5.58. The third kappa shape index (κ3) is 2.50. The zero-order chi connectivity index (χ0) is 15.0. The van der Waals surface area contributed by atoms with Crippen molar-refractivity contribution in [2.75, 3.05) is 19.7 Å². The van der Waals surface area contributed by atoms with Crippen LogP contribution in [-0.2, 0) is 9.53 Å². The average molecular weight is 296 g/mol. The standard InChI is InChI=1S/C15H24N2O4/c1-10(12-5-3-7-21-12)16-14(20)17-8-11-4-2-6-15(11,9-17)13(18)19/h10-12H,2-9H2,1H3,(H,16,20)(H,18,19)/t10?,11-,12?,15+/m0/s1. The molecule has 0 radical (unpaired) electrons. The summed E-state index contributed by atoms with van der Waals surface area (Å²) in [5.41, 5.74) is -0.704. The summed E-state index contributed by atoms with van der Waals surface area (Å²) >= 11 is 0. The van der Waals surface area contributed by atoms with Gasteiger partial charge in [-0.2, -0.15) is 0 Å². The van der Waals surface area contributed by atoms with Gasteiger partial charge < -0.3 is 20.1 Å². The van der Waals surface area contributed by atoms with Gasteiger partial charge in [-0.3, -0.25) is 4.79 Å². The molecule has 4 atom stereocenters. The maximum absolute atomic E-state index is 12.4. The number of ether oxygens (including phenoxy) is 1. The molecular formula is C15H24N2O4. The first-order valence-electron chi connectivity index (χ1n) is 7.93. The van der Waals surface area contributed by atoms with Crippen molar-refractivity contribution in [3.05, 3.63) is 0 Å². The fourth-order valence-electron chi connectivity index (χ4n) is 4.17. The van der Waals surface area contributed by atoms with Gasteiger partial charge in [-0.05, 0) is 38.5 Å². The molecule has 2 amide bonds. The van der Waals surface area contributed by atoms with Crippen molar-refractivity contribution < 1.29 is 19.4 Å². The van der Waals surface area contributed by atoms with E-state index in [0.29, 0.717) is 19.5 Å². The second-order valence-corrected chi connectivity index (χ2v) is 6.72. The molecule has 3 aliphatic rings. The SMILES string of the molecule is CC(NC(=O)N1C[C@@H]2CCC[C@@]2(C(=O)O)C1)C1CCCO1. The van der Waals surface area contributed by atoms with Crippen molar-refractivity contribution in [3.63, 3.8) is 0 Å². The van der Waals surface area contributed by atoms with Crippen molar-refractivity contribution in [2.24, 2.45) is 11.3 Å². The molecule has 21 heavy (non-hydrogen) atoms. The Hall–Kier alpha value is -1.30. The number of nitrogens with zero attached hydrogens (tertiary/aromatic N) is 1. The molecule has 1 saturated carbocycles. The lowest BCUT2D eigenvalue weighted by Crippen LogP contribution is -2.48. The molecule has 0 spiro atoms. The first-order valence-corrected chi connectivity index (χ1v) is 7.93. The van der Waals surface area contributed by atoms with Crippen LogP contribution < -0.4 is 5.32 Å². The molecule has 2 saturated heterocycles. The first-order chi connectivity index (χ1) is 10.0. The lowest BCUT2D eigenvalue weighted by Gasteiger charge is -2.26. The minimum atomic E-state index is -0.743. The number of likely N-dealkylation sites (tertiary alicyclic amines) is 1. The maximum atomic E-state index is 12.4. The Balaban J connectivity index is 1.60. The van der Waals surface area contributed by atoms with Gasteiger partial charge in [-0.25, -0.2) is 4.79 Å². The Labute approximate surface area is 124 Å². The van der Waals surface area contributed by atoms with E-state index in [0.717, 1.165) is 32.3 Å². The van der Waals surface area contributed by atoms with Crippen molar-refractivity contribution >= 4 is 12.0 Å². The summed E-state index contributed by atoms with van der Waals surface area (Å²) in [6, 6.07) is -0.172. The van der Waals surface area contributed by atoms with Crippen molar-refractivity contribution in [1.29, 1.82) is 0 Å². The van der Waals surface area contributed by atoms with Crippen molar-refractivity contribution in [1.82, 2.24) is 10.2 Å². The molecule has 0 aromatic heterocycles. The lowest BCUT2D eigenvalue weighted by molar-refractivity contribution is -0.149. The normalized spacial score (nSPS) is 36.5. The minimum absolute atomic E-state index is 0.0266. The Morgan fingerprint density at radius 3 is 2.81 bits per heavy atom. The van der Waals surface area contributed by atoms with E-state index in [9.17, 15) is 14.7 Å². The van der Waals surface area contributed by atoms with Gasteiger partial charge >= 0.3 is 12.0 Å². The summed E-state index contributed by atoms with van der Waals surface area (Å²) in [5.74, 6) is -0.633. The van der Waals surface area contributed by atoms with E-state index in [-0.39, 0.29) is 24.1 Å². The molecule has 6 heteroatoms. The monoisotopic (exact) mass is 296 g/mol. The molecule has 0 aromatic carbocycles. The first kappa shape index (κ1) is 14.6. The van der Waals surface area contributed by atoms with E-state index in [1.165, 1.54) is 0 Å². The van der Waals surface area contributed by atoms with E-state index in [2.05, 4.69) is 5.32 Å². The van der Waals surface area contributed by atoms with Gasteiger partial charge in [0, 0.05) is 19.7 Å². The van der Waals surface area contributed by atoms with Gasteiger partial charge in [0.25, 0.3) is 0 Å². The molecule has 2 heterocycles. The topological polar surface area (TPSA) is 78.9 Å². The van der Waals surface area contributed by atoms with E-state index in [4.69, 9.17) is 4.74 Å². The number of carboxylic acid groups (broad SMARTS) is 1. The van der Waals surface area contributed by atoms with Gasteiger partial charge in [-0.15, -0.1) is 0 Å². The zero-order valence-corrected chi connectivity index (χ0v) is 12.5. The number of carboxylic acids is 1. The Kier molecular flexibility index (Phi) is 3.82. The predicted molar refractivity (Wildman–Crippen MR) is 76.0 cm³/mol. The molecule has 2 N–H and O–H groups in total. The van der Waals surface area contributed by atoms with Crippen molar-refractivity contribution in [3.8, 4) is 0 Å². The molecule has 2 aliphatic heterocycles. The second-order valence-electron chi connectivity index (χ2n) is 6.72. The quantitative estimate of drug-likeness (QED) is 0.826. The number of aliphatic carboxylic acids is 1. The van der Waals surface area contributed by atoms with Crippen LogP contribution in [0.25, 0.3) is 0 Å². The third-order valence-electron chi connectivity index (χ3n) is 5.46. The number of nitrogens with one attached hydrogen (secondary N) is 1. The van der Waals surface area contributed by atoms with Crippen LogP contribution >= 0.6 is 0 Å². The molecule has 2 unspecified atom stereocenters. The Bertz CT molecular complexity index is 435. The number of hydrogen-bond donors (Lipinski definition) is 2. The number of rotatable bonds is 3. The number of carbonyl (C=O) groups is 2. The fraction of sp³-hybridized carbons (Fsp3) is 0.867. The van der Waals surface area contributed by atoms with Gasteiger partial charge in [-0.1, -0.05) is 6.42 Å². The second kappa shape index (κ2) is 5.48. The predicted octanol–water partition coefficient (Wildman–Crippen LogP) is 1.45. The van der Waals surface area contributed by atoms with Crippen LogP contribution in [-0.4, -0.2) is 53.8 Å². The molecule has 3 rings (SSSR count). The summed E-state index contributed by atoms with van der Waals surface area (Å²) in [6.07, 6.45) is 4.67. The molecule has 118 valence electrons. The molecular weight excluding hydrogens is 272 g/mol. The number of fused-ring (bicyclic) bond motifs is 1. The highest BCUT2D eigenvalue weighted by atomic mass is 16.5. The van der Waals surface area contributed by atoms with E-state index < -0.39 is 11.4 Å². The average Bonchev–Trinajstić information content (AvgIpc) is 3.13. The Morgan fingerprint density at radius 2 is 2.19 bits per heavy atom. The minimum Gasteiger partial charge on any atom is -0.481 e. The van der Waals surface area contributed by atoms with Crippen LogP contribution in [0.1, 0.15) is 39.0 Å². The summed E-state index contributed by atoms with van der Waals surface area (Å²) in [4.78, 5) is 25.7. The maximum Gasteiger partial charge on any atom is 0.317 e. The Morgan fingerprint density at radius 1 is 1.38 bits per heavy atom. The number of hydrogen-bond acceptors (Lipinski definition) is 3. The smallest absolute Gasteiger partial charge is 0.317 e. The van der Waals surface area contributed by atoms with Crippen LogP contribution in [0.2, 0.25) is 0 Å². The van der Waals surface area contributed by atoms with Gasteiger partial charge in [0.2, 0.25) is 0 Å². The highest BCUT2D eigenvalue weighted by Crippen LogP contribution is 2.48. The van der Waals surface area contributed by atoms with Gasteiger partial charge in [0.05, 0.1) is 17.6 Å². The van der Waals surface area contributed by atoms with Gasteiger partial charge in [0.1, 0.15) is 0 Å². The molecule has 3 fully saturated rings. The fourth-order valence-corrected chi connectivity index (χ4v) is 4.17. The van der Waals surface area contributed by atoms with Crippen LogP contribution in [0.3, 0.4) is 0 Å². The molecule has 6 nitrogen and oxygen atoms in total. The molecule has 0 bridgehead atoms. The van der Waals surface area contributed by atoms with Gasteiger partial charge in [0.15, 0.2) is 0 Å². The van der Waals surface area contributed by atoms with Crippen LogP contribution in [0.15, 0.2) is 0 Å². The van der Waals surface area contributed by atoms with E-state index in [1.54, 1.807) is 4.90 Å². The number of carbonyl (C=O) groups excluding carboxylic acids is 1. The van der Waals surface area contributed by atoms with Crippen LogP contribution in [0, 0.1) is 11.3 Å². The molecule has 0 aromatic rings. The number of urea groups is 1. The van der Waals surface area contributed by atoms with Crippen LogP contribution in [0.5, 0.6) is 0 Å². The third-order valence-corrected chi connectivity index (χ3v) is 5.46. The summed E-state index contributed by atoms with van der Waals surface area (Å²) in [6.45, 7) is 3.63. The highest BCUT2D eigenvalue weighted by Gasteiger charge is 2.55. The van der Waals surface area contributed by atoms with Crippen molar-refractivity contribution in [2.45, 2.75) is 51.2 Å².